The Labute approximate surface area is 290 Å². The molecule has 0 spiro atoms. The van der Waals surface area contributed by atoms with Gasteiger partial charge in [-0.25, -0.2) is 56.8 Å². The van der Waals surface area contributed by atoms with Crippen molar-refractivity contribution in [1.29, 1.82) is 0 Å². The maximum absolute atomic E-state index is 12.6. The molecule has 0 atom stereocenters. The number of rotatable bonds is 2. The first-order chi connectivity index (χ1) is 23.0. The van der Waals surface area contributed by atoms with Gasteiger partial charge in [0.25, 0.3) is 0 Å². The molecule has 0 amide bonds. The normalized spacial score (nSPS) is 16.7. The molecule has 5 aliphatic heterocycles. The van der Waals surface area contributed by atoms with Gasteiger partial charge < -0.3 is 9.11 Å². The van der Waals surface area contributed by atoms with E-state index < -0.39 is 30.0 Å². The van der Waals surface area contributed by atoms with Gasteiger partial charge in [0.15, 0.2) is 46.7 Å². The van der Waals surface area contributed by atoms with E-state index in [2.05, 4.69) is 25.0 Å². The topological polar surface area (TPSA) is 213 Å². The van der Waals surface area contributed by atoms with Gasteiger partial charge in [-0.05, 0) is 12.1 Å². The average molecular weight is 736 g/mol. The number of fused-ring (bicyclic) bond motifs is 16. The summed E-state index contributed by atoms with van der Waals surface area (Å²) in [5.74, 6) is 0.857. The fourth-order valence-electron chi connectivity index (χ4n) is 5.92. The molecule has 0 saturated heterocycles. The number of benzene rings is 4. The van der Waals surface area contributed by atoms with Crippen LogP contribution in [0, 0.1) is 0 Å². The van der Waals surface area contributed by atoms with Crippen molar-refractivity contribution in [2.45, 2.75) is 9.79 Å². The van der Waals surface area contributed by atoms with Gasteiger partial charge in [-0.15, -0.1) is 0 Å². The number of aliphatic imine (C=N–C) groups is 8. The van der Waals surface area contributed by atoms with Gasteiger partial charge in [0.2, 0.25) is 0 Å². The predicted molar refractivity (Wildman–Crippen MR) is 174 cm³/mol. The first-order valence-corrected chi connectivity index (χ1v) is 16.9. The molecule has 49 heavy (non-hydrogen) atoms. The molecule has 9 rings (SSSR count). The molecular weight excluding hydrogens is 722 g/mol. The van der Waals surface area contributed by atoms with Crippen LogP contribution in [0.1, 0.15) is 44.5 Å². The predicted octanol–water partition coefficient (Wildman–Crippen LogP) is 2.63. The third-order valence-electron chi connectivity index (χ3n) is 8.02. The first-order valence-electron chi connectivity index (χ1n) is 14.1. The van der Waals surface area contributed by atoms with Gasteiger partial charge in [0.05, 0.1) is 9.79 Å². The summed E-state index contributed by atoms with van der Waals surface area (Å²) in [5, 5.41) is 0. The van der Waals surface area contributed by atoms with Crippen LogP contribution in [-0.4, -0.2) is 72.6 Å². The van der Waals surface area contributed by atoms with Crippen molar-refractivity contribution in [1.82, 2.24) is 0 Å². The molecule has 5 aliphatic rings. The van der Waals surface area contributed by atoms with Crippen molar-refractivity contribution in [2.24, 2.45) is 39.9 Å². The molecule has 232 valence electrons. The fraction of sp³-hybridized carbons (Fsp3) is 0. The molecule has 4 aromatic carbocycles. The Kier molecular flexibility index (Phi) is 6.86. The summed E-state index contributed by atoms with van der Waals surface area (Å²) >= 11 is 0. The fourth-order valence-corrected chi connectivity index (χ4v) is 7.24. The molecule has 8 bridgehead atoms. The Morgan fingerprint density at radius 1 is 0.388 bits per heavy atom. The second-order valence-electron chi connectivity index (χ2n) is 10.9. The van der Waals surface area contributed by atoms with Gasteiger partial charge in [-0.2, -0.15) is 0 Å². The summed E-state index contributed by atoms with van der Waals surface area (Å²) in [7, 11) is -10.6. The summed E-state index contributed by atoms with van der Waals surface area (Å²) in [6.07, 6.45) is 0. The van der Waals surface area contributed by atoms with Crippen molar-refractivity contribution >= 4 is 66.9 Å². The van der Waals surface area contributed by atoms with Gasteiger partial charge in [0, 0.05) is 44.5 Å². The molecule has 0 fully saturated rings. The largest absolute Gasteiger partial charge is 2.00 e. The maximum Gasteiger partial charge on any atom is 2.00 e. The van der Waals surface area contributed by atoms with Crippen molar-refractivity contribution in [3.8, 4) is 0 Å². The van der Waals surface area contributed by atoms with E-state index in [0.717, 1.165) is 11.6 Å². The quantitative estimate of drug-likeness (QED) is 0.223. The van der Waals surface area contributed by atoms with Crippen LogP contribution in [0.15, 0.2) is 135 Å². The third-order valence-corrected chi connectivity index (χ3v) is 9.69. The van der Waals surface area contributed by atoms with Crippen LogP contribution in [0.3, 0.4) is 0 Å². The molecule has 0 N–H and O–H groups in total. The second kappa shape index (κ2) is 10.8. The molecule has 0 saturated carbocycles. The molecule has 0 radical (unpaired) electrons. The average Bonchev–Trinajstić information content (AvgIpc) is 3.79. The van der Waals surface area contributed by atoms with E-state index in [4.69, 9.17) is 15.0 Å². The number of hydrogen-bond acceptors (Lipinski definition) is 14. The van der Waals surface area contributed by atoms with Gasteiger partial charge in [-0.1, -0.05) is 72.8 Å². The van der Waals surface area contributed by atoms with E-state index in [0.29, 0.717) is 45.6 Å². The minimum absolute atomic E-state index is 0. The number of nitrogens with zero attached hydrogens (tertiary/aromatic N) is 8. The molecule has 0 aromatic heterocycles. The minimum atomic E-state index is -5.38. The van der Waals surface area contributed by atoms with Crippen molar-refractivity contribution in [3.63, 3.8) is 0 Å². The van der Waals surface area contributed by atoms with Crippen LogP contribution in [0.2, 0.25) is 0 Å². The van der Waals surface area contributed by atoms with E-state index in [1.54, 1.807) is 48.5 Å². The molecule has 0 aliphatic carbocycles. The first kappa shape index (κ1) is 31.0. The number of amidine groups is 8. The maximum atomic E-state index is 12.6. The monoisotopic (exact) mass is 734 g/mol. The van der Waals surface area contributed by atoms with E-state index in [1.807, 2.05) is 24.3 Å². The molecule has 5 heterocycles. The standard InChI is InChI=1S/C32H16N8O6S2.Zn/c41-47(42,43)15-13-22-24(23(14-15)48(44,45)46)32-39-30-21-12-6-5-11-20(21)28(37-30)35-26-17-8-2-1-7-16(17)25(33-26)34-27-18-9-3-4-10-19(18)29(36-27)38-31(22)40-32;/h1-14H,(H,41,42,43)(H,44,45,46);/q;+2/p-2. The molecule has 17 heteroatoms. The van der Waals surface area contributed by atoms with Gasteiger partial charge in [-0.3, -0.25) is 0 Å². The Balaban J connectivity index is 0.00000348. The van der Waals surface area contributed by atoms with Crippen molar-refractivity contribution < 1.29 is 45.4 Å². The summed E-state index contributed by atoms with van der Waals surface area (Å²) in [6, 6.07) is 23.0. The van der Waals surface area contributed by atoms with Crippen molar-refractivity contribution in [3.05, 3.63) is 129 Å². The van der Waals surface area contributed by atoms with Gasteiger partial charge >= 0.3 is 19.5 Å². The Hall–Kier alpha value is -5.32. The zero-order valence-electron chi connectivity index (χ0n) is 24.6. The molecule has 14 nitrogen and oxygen atoms in total. The van der Waals surface area contributed by atoms with E-state index >= 15 is 0 Å². The van der Waals surface area contributed by atoms with Crippen molar-refractivity contribution in [2.75, 3.05) is 0 Å². The van der Waals surface area contributed by atoms with Crippen LogP contribution in [0.4, 0.5) is 0 Å². The number of hydrogen-bond donors (Lipinski definition) is 0. The zero-order chi connectivity index (χ0) is 32.9. The molecule has 4 aromatic rings. The molecular formula is C32H14N8O6S2Zn. The van der Waals surface area contributed by atoms with Crippen LogP contribution in [-0.2, 0) is 39.7 Å². The summed E-state index contributed by atoms with van der Waals surface area (Å²) < 4.78 is 74.1. The second-order valence-corrected chi connectivity index (χ2v) is 13.6. The Bertz CT molecular complexity index is 2730. The summed E-state index contributed by atoms with van der Waals surface area (Å²) in [6.45, 7) is 0. The van der Waals surface area contributed by atoms with Crippen LogP contribution in [0.25, 0.3) is 0 Å². The zero-order valence-corrected chi connectivity index (χ0v) is 29.2. The van der Waals surface area contributed by atoms with Gasteiger partial charge in [0.1, 0.15) is 20.2 Å². The third kappa shape index (κ3) is 4.93. The van der Waals surface area contributed by atoms with Crippen LogP contribution >= 0.6 is 0 Å². The smallest absolute Gasteiger partial charge is 0.744 e. The summed E-state index contributed by atoms with van der Waals surface area (Å²) in [4.78, 5) is 35.3. The van der Waals surface area contributed by atoms with E-state index in [9.17, 15) is 25.9 Å². The molecule has 0 unspecified atom stereocenters. The summed E-state index contributed by atoms with van der Waals surface area (Å²) in [5.41, 5.74) is 3.14. The van der Waals surface area contributed by atoms with Crippen LogP contribution in [0.5, 0.6) is 0 Å². The van der Waals surface area contributed by atoms with Crippen LogP contribution < -0.4 is 0 Å². The van der Waals surface area contributed by atoms with E-state index in [-0.39, 0.29) is 65.6 Å². The SMILES string of the molecule is O=S(=O)([O-])c1cc2c(c(S(=O)(=O)[O-])c1)C1=NC2=NC2=NC(=NC3=NC(=NC4=NC(=N1)c1ccccc14)c1ccccc13)c1ccccc12.[Zn+2]. The Morgan fingerprint density at radius 2 is 0.673 bits per heavy atom. The minimum Gasteiger partial charge on any atom is -0.744 e. The van der Waals surface area contributed by atoms with E-state index in [1.165, 1.54) is 0 Å². The Morgan fingerprint density at radius 3 is 0.980 bits per heavy atom.